The van der Waals surface area contributed by atoms with E-state index in [-0.39, 0.29) is 0 Å². The smallest absolute Gasteiger partial charge is 0.323 e. The van der Waals surface area contributed by atoms with Crippen LogP contribution in [0.5, 0.6) is 6.01 Å². The first-order chi connectivity index (χ1) is 9.80. The predicted molar refractivity (Wildman–Crippen MR) is 82.4 cm³/mol. The zero-order valence-electron chi connectivity index (χ0n) is 12.9. The van der Waals surface area contributed by atoms with E-state index < -0.39 is 0 Å². The largest absolute Gasteiger partial charge is 0.464 e. The average Bonchev–Trinajstić information content (AvgIpc) is 2.45. The maximum atomic E-state index is 5.37. The molecule has 1 aromatic rings. The van der Waals surface area contributed by atoms with Crippen LogP contribution in [0.3, 0.4) is 0 Å². The summed E-state index contributed by atoms with van der Waals surface area (Å²) in [5.74, 6) is 1.15. The van der Waals surface area contributed by atoms with E-state index in [9.17, 15) is 0 Å². The molecule has 0 spiro atoms. The number of anilines is 2. The third-order valence-electron chi connectivity index (χ3n) is 2.73. The van der Waals surface area contributed by atoms with Crippen LogP contribution >= 0.6 is 0 Å². The van der Waals surface area contributed by atoms with Crippen molar-refractivity contribution in [3.05, 3.63) is 0 Å². The molecule has 0 bridgehead atoms. The highest BCUT2D eigenvalue weighted by Gasteiger charge is 2.06. The number of ether oxygens (including phenoxy) is 1. The van der Waals surface area contributed by atoms with E-state index in [4.69, 9.17) is 4.74 Å². The van der Waals surface area contributed by atoms with Crippen LogP contribution in [-0.4, -0.2) is 34.6 Å². The molecular formula is C14H27N5O. The molecule has 2 N–H and O–H groups in total. The van der Waals surface area contributed by atoms with Gasteiger partial charge in [0, 0.05) is 13.1 Å². The average molecular weight is 281 g/mol. The Morgan fingerprint density at radius 2 is 1.50 bits per heavy atom. The van der Waals surface area contributed by atoms with Gasteiger partial charge in [0.25, 0.3) is 0 Å². The first kappa shape index (κ1) is 16.5. The fourth-order valence-electron chi connectivity index (χ4n) is 1.70. The van der Waals surface area contributed by atoms with Crippen LogP contribution in [-0.2, 0) is 0 Å². The van der Waals surface area contributed by atoms with Crippen molar-refractivity contribution >= 4 is 11.9 Å². The minimum absolute atomic E-state index is 0.372. The fraction of sp³-hybridized carbons (Fsp3) is 0.786. The predicted octanol–water partition coefficient (Wildman–Crippen LogP) is 3.08. The van der Waals surface area contributed by atoms with E-state index in [1.54, 1.807) is 0 Å². The number of unbranched alkanes of at least 4 members (excludes halogenated alkanes) is 3. The SMILES string of the molecule is CCCCCCNc1nc(NCCC)nc(OCC)n1. The van der Waals surface area contributed by atoms with Crippen LogP contribution in [0.25, 0.3) is 0 Å². The van der Waals surface area contributed by atoms with Crippen molar-refractivity contribution in [3.8, 4) is 6.01 Å². The lowest BCUT2D eigenvalue weighted by Crippen LogP contribution is -2.12. The van der Waals surface area contributed by atoms with Gasteiger partial charge in [0.2, 0.25) is 11.9 Å². The molecule has 0 radical (unpaired) electrons. The fourth-order valence-corrected chi connectivity index (χ4v) is 1.70. The van der Waals surface area contributed by atoms with Crippen molar-refractivity contribution in [2.45, 2.75) is 52.9 Å². The molecule has 6 heteroatoms. The lowest BCUT2D eigenvalue weighted by molar-refractivity contribution is 0.312. The Bertz CT molecular complexity index is 373. The van der Waals surface area contributed by atoms with Crippen molar-refractivity contribution in [1.29, 1.82) is 0 Å². The van der Waals surface area contributed by atoms with Gasteiger partial charge in [-0.25, -0.2) is 0 Å². The second kappa shape index (κ2) is 10.2. The van der Waals surface area contributed by atoms with Crippen LogP contribution in [0, 0.1) is 0 Å². The van der Waals surface area contributed by atoms with Crippen LogP contribution in [0.15, 0.2) is 0 Å². The number of rotatable bonds is 11. The summed E-state index contributed by atoms with van der Waals surface area (Å²) in [5.41, 5.74) is 0. The molecule has 6 nitrogen and oxygen atoms in total. The molecule has 20 heavy (non-hydrogen) atoms. The van der Waals surface area contributed by atoms with Crippen molar-refractivity contribution in [2.75, 3.05) is 30.3 Å². The molecular weight excluding hydrogens is 254 g/mol. The highest BCUT2D eigenvalue weighted by Crippen LogP contribution is 2.11. The van der Waals surface area contributed by atoms with Crippen molar-refractivity contribution in [3.63, 3.8) is 0 Å². The number of nitrogens with one attached hydrogen (secondary N) is 2. The summed E-state index contributed by atoms with van der Waals surface area (Å²) in [6.07, 6.45) is 5.89. The van der Waals surface area contributed by atoms with E-state index in [0.29, 0.717) is 24.5 Å². The summed E-state index contributed by atoms with van der Waals surface area (Å²) in [6.45, 7) is 8.49. The lowest BCUT2D eigenvalue weighted by Gasteiger charge is -2.09. The van der Waals surface area contributed by atoms with Gasteiger partial charge in [-0.05, 0) is 19.8 Å². The topological polar surface area (TPSA) is 72.0 Å². The Labute approximate surface area is 121 Å². The molecule has 0 aliphatic rings. The third-order valence-corrected chi connectivity index (χ3v) is 2.73. The summed E-state index contributed by atoms with van der Waals surface area (Å²) >= 11 is 0. The summed E-state index contributed by atoms with van der Waals surface area (Å²) in [5, 5.41) is 6.40. The van der Waals surface area contributed by atoms with Crippen molar-refractivity contribution in [2.24, 2.45) is 0 Å². The summed E-state index contributed by atoms with van der Waals surface area (Å²) in [4.78, 5) is 12.8. The maximum absolute atomic E-state index is 5.37. The van der Waals surface area contributed by atoms with Gasteiger partial charge < -0.3 is 15.4 Å². The Morgan fingerprint density at radius 1 is 0.800 bits per heavy atom. The second-order valence-corrected chi connectivity index (χ2v) is 4.61. The lowest BCUT2D eigenvalue weighted by atomic mass is 10.2. The van der Waals surface area contributed by atoms with E-state index in [1.807, 2.05) is 6.92 Å². The molecule has 0 aliphatic carbocycles. The van der Waals surface area contributed by atoms with Gasteiger partial charge in [0.15, 0.2) is 0 Å². The Hall–Kier alpha value is -1.59. The molecule has 0 saturated carbocycles. The monoisotopic (exact) mass is 281 g/mol. The Kier molecular flexibility index (Phi) is 8.42. The molecule has 0 aromatic carbocycles. The van der Waals surface area contributed by atoms with E-state index >= 15 is 0 Å². The van der Waals surface area contributed by atoms with Crippen LogP contribution in [0.4, 0.5) is 11.9 Å². The molecule has 0 aliphatic heterocycles. The van der Waals surface area contributed by atoms with E-state index in [1.165, 1.54) is 19.3 Å². The minimum atomic E-state index is 0.372. The Morgan fingerprint density at radius 3 is 2.10 bits per heavy atom. The van der Waals surface area contributed by atoms with Crippen LogP contribution in [0.1, 0.15) is 52.9 Å². The van der Waals surface area contributed by atoms with Gasteiger partial charge in [-0.1, -0.05) is 33.1 Å². The standard InChI is InChI=1S/C14H27N5O/c1-4-7-8-9-11-16-13-17-12(15-10-5-2)18-14(19-13)20-6-3/h4-11H2,1-3H3,(H2,15,16,17,18,19). The molecule has 0 atom stereocenters. The molecule has 1 aromatic heterocycles. The molecule has 0 unspecified atom stereocenters. The van der Waals surface area contributed by atoms with Crippen LogP contribution in [0.2, 0.25) is 0 Å². The van der Waals surface area contributed by atoms with Gasteiger partial charge in [0.1, 0.15) is 0 Å². The molecule has 114 valence electrons. The van der Waals surface area contributed by atoms with Gasteiger partial charge in [0.05, 0.1) is 6.61 Å². The number of hydrogen-bond donors (Lipinski definition) is 2. The highest BCUT2D eigenvalue weighted by atomic mass is 16.5. The first-order valence-electron chi connectivity index (χ1n) is 7.66. The zero-order chi connectivity index (χ0) is 14.6. The molecule has 0 fully saturated rings. The third kappa shape index (κ3) is 6.54. The minimum Gasteiger partial charge on any atom is -0.464 e. The van der Waals surface area contributed by atoms with Crippen molar-refractivity contribution in [1.82, 2.24) is 15.0 Å². The molecule has 0 amide bonds. The summed E-state index contributed by atoms with van der Waals surface area (Å²) < 4.78 is 5.37. The number of nitrogens with zero attached hydrogens (tertiary/aromatic N) is 3. The summed E-state index contributed by atoms with van der Waals surface area (Å²) in [7, 11) is 0. The Balaban J connectivity index is 2.55. The van der Waals surface area contributed by atoms with Gasteiger partial charge in [-0.15, -0.1) is 0 Å². The van der Waals surface area contributed by atoms with E-state index in [0.717, 1.165) is 25.9 Å². The highest BCUT2D eigenvalue weighted by molar-refractivity contribution is 5.35. The second-order valence-electron chi connectivity index (χ2n) is 4.61. The van der Waals surface area contributed by atoms with Crippen molar-refractivity contribution < 1.29 is 4.74 Å². The van der Waals surface area contributed by atoms with Gasteiger partial charge in [-0.2, -0.15) is 15.0 Å². The molecule has 1 rings (SSSR count). The van der Waals surface area contributed by atoms with E-state index in [2.05, 4.69) is 39.4 Å². The summed E-state index contributed by atoms with van der Waals surface area (Å²) in [6, 6.07) is 0.372. The first-order valence-corrected chi connectivity index (χ1v) is 7.66. The maximum Gasteiger partial charge on any atom is 0.323 e. The molecule has 1 heterocycles. The quantitative estimate of drug-likeness (QED) is 0.607. The molecule has 0 saturated heterocycles. The zero-order valence-corrected chi connectivity index (χ0v) is 12.9. The van der Waals surface area contributed by atoms with Gasteiger partial charge >= 0.3 is 6.01 Å². The van der Waals surface area contributed by atoms with Gasteiger partial charge in [-0.3, -0.25) is 0 Å². The van der Waals surface area contributed by atoms with Crippen LogP contribution < -0.4 is 15.4 Å². The normalized spacial score (nSPS) is 10.3. The number of aromatic nitrogens is 3. The number of hydrogen-bond acceptors (Lipinski definition) is 6.